The van der Waals surface area contributed by atoms with Crippen LogP contribution in [0.5, 0.6) is 0 Å². The number of alkyl halides is 3. The summed E-state index contributed by atoms with van der Waals surface area (Å²) in [4.78, 5) is 12.2. The molecule has 9 nitrogen and oxygen atoms in total. The zero-order valence-corrected chi connectivity index (χ0v) is 21.1. The van der Waals surface area contributed by atoms with Gasteiger partial charge in [0, 0.05) is 37.5 Å². The first-order valence-electron chi connectivity index (χ1n) is 11.0. The third-order valence-corrected chi connectivity index (χ3v) is 8.69. The molecule has 0 radical (unpaired) electrons. The molecule has 1 aliphatic heterocycles. The first-order chi connectivity index (χ1) is 17.2. The highest BCUT2D eigenvalue weighted by atomic mass is 32.2. The number of hydrogen-bond donors (Lipinski definition) is 3. The van der Waals surface area contributed by atoms with E-state index in [9.17, 15) is 39.9 Å². The molecular formula is C23H26F3N3O6S2. The number of carbonyl (C=O) groups excluding carboxylic acids is 1. The van der Waals surface area contributed by atoms with E-state index in [0.717, 1.165) is 21.8 Å². The Labute approximate surface area is 213 Å². The van der Waals surface area contributed by atoms with E-state index in [1.807, 2.05) is 0 Å². The van der Waals surface area contributed by atoms with E-state index in [4.69, 9.17) is 0 Å². The maximum Gasteiger partial charge on any atom is 0.416 e. The molecule has 1 heterocycles. The van der Waals surface area contributed by atoms with Gasteiger partial charge in [0.2, 0.25) is 26.0 Å². The van der Waals surface area contributed by atoms with E-state index in [-0.39, 0.29) is 37.5 Å². The molecule has 14 heteroatoms. The number of nitrogens with zero attached hydrogens (tertiary/aromatic N) is 1. The molecule has 0 unspecified atom stereocenters. The van der Waals surface area contributed by atoms with E-state index in [1.165, 1.54) is 36.4 Å². The van der Waals surface area contributed by atoms with Gasteiger partial charge < -0.3 is 10.4 Å². The van der Waals surface area contributed by atoms with Gasteiger partial charge in [-0.1, -0.05) is 30.8 Å². The molecule has 2 aromatic carbocycles. The van der Waals surface area contributed by atoms with Crippen LogP contribution in [0, 0.1) is 5.92 Å². The van der Waals surface area contributed by atoms with Crippen molar-refractivity contribution >= 4 is 26.0 Å². The van der Waals surface area contributed by atoms with Crippen molar-refractivity contribution in [2.45, 2.75) is 30.1 Å². The molecule has 3 rings (SSSR count). The summed E-state index contributed by atoms with van der Waals surface area (Å²) in [5.41, 5.74) is 0.224. The Bertz CT molecular complexity index is 1330. The lowest BCUT2D eigenvalue weighted by Gasteiger charge is -2.16. The van der Waals surface area contributed by atoms with Crippen molar-refractivity contribution in [2.75, 3.05) is 19.6 Å². The minimum Gasteiger partial charge on any atom is -0.391 e. The maximum absolute atomic E-state index is 13.0. The Hall–Kier alpha value is -2.78. The van der Waals surface area contributed by atoms with Crippen LogP contribution in [0.2, 0.25) is 0 Å². The highest BCUT2D eigenvalue weighted by molar-refractivity contribution is 7.92. The second kappa shape index (κ2) is 11.3. The Morgan fingerprint density at radius 1 is 1.03 bits per heavy atom. The van der Waals surface area contributed by atoms with Crippen LogP contribution in [-0.2, 0) is 44.0 Å². The summed E-state index contributed by atoms with van der Waals surface area (Å²) >= 11 is 0. The first kappa shape index (κ1) is 28.8. The number of aliphatic hydroxyl groups is 1. The fourth-order valence-electron chi connectivity index (χ4n) is 3.68. The predicted octanol–water partition coefficient (Wildman–Crippen LogP) is 1.61. The standard InChI is InChI=1S/C23H26F3N3O6S2/c1-2-36(32,33)28-13-18-14-29(15-21(18)30)37(34,35)20-9-5-16(6-10-20)11-22(31)27-12-17-3-7-19(8-4-17)23(24,25)26/h2-10,18,21,28,30H,1,11-15H2,(H,27,31)/t18-,21-/m0/s1. The molecule has 0 bridgehead atoms. The summed E-state index contributed by atoms with van der Waals surface area (Å²) in [6, 6.07) is 10.00. The van der Waals surface area contributed by atoms with Crippen molar-refractivity contribution in [3.63, 3.8) is 0 Å². The average Bonchev–Trinajstić information content (AvgIpc) is 3.23. The normalized spacial score (nSPS) is 19.0. The van der Waals surface area contributed by atoms with Crippen molar-refractivity contribution in [3.05, 3.63) is 77.2 Å². The molecule has 0 aromatic heterocycles. The Balaban J connectivity index is 1.55. The van der Waals surface area contributed by atoms with E-state index in [2.05, 4.69) is 16.6 Å². The maximum atomic E-state index is 13.0. The number of halogens is 3. The van der Waals surface area contributed by atoms with Gasteiger partial charge in [0.25, 0.3) is 0 Å². The molecule has 3 N–H and O–H groups in total. The monoisotopic (exact) mass is 561 g/mol. The molecule has 202 valence electrons. The van der Waals surface area contributed by atoms with Crippen LogP contribution in [0.1, 0.15) is 16.7 Å². The predicted molar refractivity (Wildman–Crippen MR) is 129 cm³/mol. The fraction of sp³-hybridized carbons (Fsp3) is 0.348. The lowest BCUT2D eigenvalue weighted by Crippen LogP contribution is -2.33. The summed E-state index contributed by atoms with van der Waals surface area (Å²) in [6.45, 7) is 2.77. The molecule has 2 atom stereocenters. The number of aliphatic hydroxyl groups excluding tert-OH is 1. The van der Waals surface area contributed by atoms with Gasteiger partial charge >= 0.3 is 6.18 Å². The van der Waals surface area contributed by atoms with Gasteiger partial charge in [-0.2, -0.15) is 17.5 Å². The number of amides is 1. The number of nitrogens with one attached hydrogen (secondary N) is 2. The highest BCUT2D eigenvalue weighted by Gasteiger charge is 2.38. The van der Waals surface area contributed by atoms with Gasteiger partial charge in [-0.05, 0) is 35.4 Å². The van der Waals surface area contributed by atoms with Crippen LogP contribution in [-0.4, -0.2) is 57.9 Å². The Kier molecular flexibility index (Phi) is 8.80. The first-order valence-corrected chi connectivity index (χ1v) is 14.0. The molecule has 1 saturated heterocycles. The van der Waals surface area contributed by atoms with Gasteiger partial charge in [-0.3, -0.25) is 4.79 Å². The summed E-state index contributed by atoms with van der Waals surface area (Å²) in [5, 5.41) is 13.5. The van der Waals surface area contributed by atoms with Crippen LogP contribution in [0.25, 0.3) is 0 Å². The zero-order valence-electron chi connectivity index (χ0n) is 19.5. The van der Waals surface area contributed by atoms with Crippen molar-refractivity contribution in [1.29, 1.82) is 0 Å². The second-order valence-corrected chi connectivity index (χ2v) is 12.2. The molecule has 1 aliphatic rings. The number of carbonyl (C=O) groups is 1. The van der Waals surface area contributed by atoms with Gasteiger partial charge in [0.15, 0.2) is 0 Å². The lowest BCUT2D eigenvalue weighted by atomic mass is 10.1. The molecule has 2 aromatic rings. The smallest absolute Gasteiger partial charge is 0.391 e. The molecule has 1 amide bonds. The summed E-state index contributed by atoms with van der Waals surface area (Å²) in [6.07, 6.45) is -5.58. The number of sulfonamides is 2. The molecular weight excluding hydrogens is 535 g/mol. The lowest BCUT2D eigenvalue weighted by molar-refractivity contribution is -0.137. The van der Waals surface area contributed by atoms with Crippen LogP contribution in [0.15, 0.2) is 65.4 Å². The van der Waals surface area contributed by atoms with Crippen molar-refractivity contribution in [1.82, 2.24) is 14.3 Å². The zero-order chi connectivity index (χ0) is 27.4. The van der Waals surface area contributed by atoms with Crippen molar-refractivity contribution in [2.24, 2.45) is 5.92 Å². The minimum absolute atomic E-state index is 0.0326. The Morgan fingerprint density at radius 3 is 2.19 bits per heavy atom. The van der Waals surface area contributed by atoms with Crippen LogP contribution in [0.4, 0.5) is 13.2 Å². The third kappa shape index (κ3) is 7.61. The number of β-amino-alcohol motifs (C(OH)–C–C–N with tert-alkyl or cyclic N) is 1. The van der Waals surface area contributed by atoms with Gasteiger partial charge in [0.05, 0.1) is 23.0 Å². The molecule has 37 heavy (non-hydrogen) atoms. The summed E-state index contributed by atoms with van der Waals surface area (Å²) < 4.78 is 90.2. The third-order valence-electron chi connectivity index (χ3n) is 5.84. The largest absolute Gasteiger partial charge is 0.416 e. The molecule has 0 saturated carbocycles. The quantitative estimate of drug-likeness (QED) is 0.404. The van der Waals surface area contributed by atoms with Crippen LogP contribution < -0.4 is 10.0 Å². The molecule has 0 aliphatic carbocycles. The number of rotatable bonds is 10. The van der Waals surface area contributed by atoms with Gasteiger partial charge in [-0.25, -0.2) is 21.6 Å². The van der Waals surface area contributed by atoms with Gasteiger partial charge in [0.1, 0.15) is 0 Å². The summed E-state index contributed by atoms with van der Waals surface area (Å²) in [7, 11) is -7.69. The van der Waals surface area contributed by atoms with Crippen molar-refractivity contribution < 1.29 is 39.9 Å². The summed E-state index contributed by atoms with van der Waals surface area (Å²) in [5.74, 6) is -1.04. The number of benzene rings is 2. The number of hydrogen-bond acceptors (Lipinski definition) is 6. The van der Waals surface area contributed by atoms with Crippen LogP contribution >= 0.6 is 0 Å². The highest BCUT2D eigenvalue weighted by Crippen LogP contribution is 2.29. The van der Waals surface area contributed by atoms with Gasteiger partial charge in [-0.15, -0.1) is 0 Å². The molecule has 0 spiro atoms. The SMILES string of the molecule is C=CS(=O)(=O)NC[C@H]1CN(S(=O)(=O)c2ccc(CC(=O)NCc3ccc(C(F)(F)F)cc3)cc2)C[C@@H]1O. The van der Waals surface area contributed by atoms with E-state index < -0.39 is 49.7 Å². The Morgan fingerprint density at radius 2 is 1.62 bits per heavy atom. The van der Waals surface area contributed by atoms with E-state index in [1.54, 1.807) is 0 Å². The average molecular weight is 562 g/mol. The second-order valence-electron chi connectivity index (χ2n) is 8.50. The molecule has 1 fully saturated rings. The minimum atomic E-state index is -4.44. The van der Waals surface area contributed by atoms with Crippen molar-refractivity contribution in [3.8, 4) is 0 Å². The van der Waals surface area contributed by atoms with Crippen LogP contribution in [0.3, 0.4) is 0 Å². The fourth-order valence-corrected chi connectivity index (χ4v) is 5.76. The van der Waals surface area contributed by atoms with E-state index >= 15 is 0 Å². The van der Waals surface area contributed by atoms with E-state index in [0.29, 0.717) is 11.1 Å². The topological polar surface area (TPSA) is 133 Å².